The first-order valence-corrected chi connectivity index (χ1v) is 12.5. The van der Waals surface area contributed by atoms with Crippen molar-refractivity contribution < 1.29 is 4.39 Å². The molecule has 1 atom stereocenters. The first-order chi connectivity index (χ1) is 14.6. The third-order valence-electron chi connectivity index (χ3n) is 7.35. The van der Waals surface area contributed by atoms with Crippen LogP contribution in [0.25, 0.3) is 11.1 Å². The maximum atomic E-state index is 14.7. The average molecular weight is 409 g/mol. The second-order valence-electron chi connectivity index (χ2n) is 9.80. The van der Waals surface area contributed by atoms with Crippen LogP contribution >= 0.6 is 0 Å². The Hall–Kier alpha value is -1.63. The van der Waals surface area contributed by atoms with Gasteiger partial charge >= 0.3 is 0 Å². The third-order valence-corrected chi connectivity index (χ3v) is 7.35. The molecule has 1 aliphatic carbocycles. The van der Waals surface area contributed by atoms with Crippen molar-refractivity contribution in [2.24, 2.45) is 17.8 Å². The summed E-state index contributed by atoms with van der Waals surface area (Å²) in [5, 5.41) is 0. The highest BCUT2D eigenvalue weighted by molar-refractivity contribution is 5.64. The van der Waals surface area contributed by atoms with E-state index >= 15 is 0 Å². The second-order valence-corrected chi connectivity index (χ2v) is 9.80. The van der Waals surface area contributed by atoms with Crippen LogP contribution in [-0.4, -0.2) is 0 Å². The Bertz CT molecular complexity index is 752. The Morgan fingerprint density at radius 2 is 1.50 bits per heavy atom. The second kappa shape index (κ2) is 11.7. The quantitative estimate of drug-likeness (QED) is 0.368. The van der Waals surface area contributed by atoms with E-state index in [0.717, 1.165) is 47.8 Å². The van der Waals surface area contributed by atoms with Crippen LogP contribution in [0.4, 0.5) is 4.39 Å². The van der Waals surface area contributed by atoms with E-state index in [1.807, 2.05) is 6.07 Å². The van der Waals surface area contributed by atoms with Gasteiger partial charge in [0.25, 0.3) is 0 Å². The van der Waals surface area contributed by atoms with Gasteiger partial charge in [0.1, 0.15) is 5.82 Å². The molecule has 0 aliphatic heterocycles. The highest BCUT2D eigenvalue weighted by atomic mass is 19.1. The highest BCUT2D eigenvalue weighted by Gasteiger charge is 2.20. The molecule has 0 amide bonds. The van der Waals surface area contributed by atoms with Gasteiger partial charge in [-0.1, -0.05) is 109 Å². The van der Waals surface area contributed by atoms with E-state index in [1.165, 1.54) is 56.9 Å². The normalized spacial score (nSPS) is 20.3. The van der Waals surface area contributed by atoms with E-state index in [9.17, 15) is 4.39 Å². The van der Waals surface area contributed by atoms with Gasteiger partial charge in [0, 0.05) is 5.56 Å². The summed E-state index contributed by atoms with van der Waals surface area (Å²) in [6.45, 7) is 6.71. The zero-order valence-corrected chi connectivity index (χ0v) is 19.4. The molecular weight excluding hydrogens is 367 g/mol. The highest BCUT2D eigenvalue weighted by Crippen LogP contribution is 2.34. The van der Waals surface area contributed by atoms with Gasteiger partial charge in [-0.3, -0.25) is 0 Å². The molecule has 0 spiro atoms. The van der Waals surface area contributed by atoms with Crippen molar-refractivity contribution in [3.05, 3.63) is 59.4 Å². The zero-order chi connectivity index (χ0) is 21.3. The van der Waals surface area contributed by atoms with Crippen LogP contribution < -0.4 is 0 Å². The Kier molecular flexibility index (Phi) is 8.97. The number of rotatable bonds is 10. The van der Waals surface area contributed by atoms with Crippen molar-refractivity contribution in [3.63, 3.8) is 0 Å². The van der Waals surface area contributed by atoms with Crippen LogP contribution in [-0.2, 0) is 12.8 Å². The molecule has 2 aromatic rings. The molecule has 0 aromatic heterocycles. The van der Waals surface area contributed by atoms with Gasteiger partial charge < -0.3 is 0 Å². The van der Waals surface area contributed by atoms with E-state index in [-0.39, 0.29) is 5.82 Å². The molecule has 0 radical (unpaired) electrons. The van der Waals surface area contributed by atoms with Crippen LogP contribution in [0.2, 0.25) is 0 Å². The van der Waals surface area contributed by atoms with Gasteiger partial charge in [-0.2, -0.15) is 0 Å². The van der Waals surface area contributed by atoms with Crippen molar-refractivity contribution >= 4 is 0 Å². The van der Waals surface area contributed by atoms with Gasteiger partial charge in [0.15, 0.2) is 0 Å². The van der Waals surface area contributed by atoms with Crippen molar-refractivity contribution in [3.8, 4) is 11.1 Å². The van der Waals surface area contributed by atoms with Crippen molar-refractivity contribution in [1.29, 1.82) is 0 Å². The fraction of sp³-hybridized carbons (Fsp3) is 0.586. The molecule has 1 saturated carbocycles. The maximum absolute atomic E-state index is 14.7. The van der Waals surface area contributed by atoms with Crippen molar-refractivity contribution in [2.45, 2.75) is 91.4 Å². The lowest BCUT2D eigenvalue weighted by Crippen LogP contribution is -2.15. The summed E-state index contributed by atoms with van der Waals surface area (Å²) in [4.78, 5) is 0. The van der Waals surface area contributed by atoms with Gasteiger partial charge in [-0.15, -0.1) is 0 Å². The molecule has 0 N–H and O–H groups in total. The molecule has 1 fully saturated rings. The van der Waals surface area contributed by atoms with E-state index in [1.54, 1.807) is 6.07 Å². The van der Waals surface area contributed by atoms with E-state index in [4.69, 9.17) is 0 Å². The SMILES string of the molecule is CCCC[C@H]1CC[C@H](CCc2ccc(-c3ccc(CC(C)CC)cc3F)cc2)CC1. The first kappa shape index (κ1) is 23.0. The smallest absolute Gasteiger partial charge is 0.131 e. The van der Waals surface area contributed by atoms with E-state index < -0.39 is 0 Å². The number of hydrogen-bond acceptors (Lipinski definition) is 0. The molecule has 0 saturated heterocycles. The number of halogens is 1. The van der Waals surface area contributed by atoms with E-state index in [2.05, 4.69) is 51.1 Å². The summed E-state index contributed by atoms with van der Waals surface area (Å²) in [5.74, 6) is 2.40. The Morgan fingerprint density at radius 1 is 0.867 bits per heavy atom. The Morgan fingerprint density at radius 3 is 2.10 bits per heavy atom. The maximum Gasteiger partial charge on any atom is 0.131 e. The standard InChI is InChI=1S/C29H41F/c1-4-6-7-23-8-10-24(11-9-23)12-13-25-14-17-27(18-15-25)28-19-16-26(21-29(28)30)20-22(3)5-2/h14-19,21-24H,4-13,20H2,1-3H3/t22?,23-,24-. The molecule has 0 heterocycles. The number of benzene rings is 2. The van der Waals surface area contributed by atoms with Gasteiger partial charge in [0.05, 0.1) is 0 Å². The zero-order valence-electron chi connectivity index (χ0n) is 19.4. The lowest BCUT2D eigenvalue weighted by atomic mass is 9.78. The number of unbranched alkanes of at least 4 members (excludes halogenated alkanes) is 1. The largest absolute Gasteiger partial charge is 0.206 e. The van der Waals surface area contributed by atoms with Crippen molar-refractivity contribution in [1.82, 2.24) is 0 Å². The summed E-state index contributed by atoms with van der Waals surface area (Å²) in [6.07, 6.45) is 14.4. The summed E-state index contributed by atoms with van der Waals surface area (Å²) in [6, 6.07) is 14.4. The topological polar surface area (TPSA) is 0 Å². The van der Waals surface area contributed by atoms with Crippen molar-refractivity contribution in [2.75, 3.05) is 0 Å². The van der Waals surface area contributed by atoms with Gasteiger partial charge in [-0.05, 0) is 59.8 Å². The fourth-order valence-electron chi connectivity index (χ4n) is 4.99. The molecule has 3 rings (SSSR count). The summed E-state index contributed by atoms with van der Waals surface area (Å²) >= 11 is 0. The monoisotopic (exact) mass is 408 g/mol. The minimum atomic E-state index is -0.0941. The fourth-order valence-corrected chi connectivity index (χ4v) is 4.99. The summed E-state index contributed by atoms with van der Waals surface area (Å²) in [5.41, 5.74) is 4.20. The summed E-state index contributed by atoms with van der Waals surface area (Å²) in [7, 11) is 0. The van der Waals surface area contributed by atoms with Crippen LogP contribution in [0.15, 0.2) is 42.5 Å². The molecule has 164 valence electrons. The first-order valence-electron chi connectivity index (χ1n) is 12.5. The minimum Gasteiger partial charge on any atom is -0.206 e. The predicted molar refractivity (Wildman–Crippen MR) is 128 cm³/mol. The molecule has 30 heavy (non-hydrogen) atoms. The molecular formula is C29H41F. The van der Waals surface area contributed by atoms with Gasteiger partial charge in [0.2, 0.25) is 0 Å². The lowest BCUT2D eigenvalue weighted by Gasteiger charge is -2.28. The lowest BCUT2D eigenvalue weighted by molar-refractivity contribution is 0.250. The predicted octanol–water partition coefficient (Wildman–Crippen LogP) is 9.01. The molecule has 1 heteroatoms. The molecule has 2 aromatic carbocycles. The van der Waals surface area contributed by atoms with Crippen LogP contribution in [0.5, 0.6) is 0 Å². The Balaban J connectivity index is 1.50. The molecule has 0 nitrogen and oxygen atoms in total. The number of hydrogen-bond donors (Lipinski definition) is 0. The average Bonchev–Trinajstić information content (AvgIpc) is 2.77. The third kappa shape index (κ3) is 6.69. The van der Waals surface area contributed by atoms with Crippen LogP contribution in [0, 0.1) is 23.6 Å². The van der Waals surface area contributed by atoms with Crippen LogP contribution in [0.3, 0.4) is 0 Å². The summed E-state index contributed by atoms with van der Waals surface area (Å²) < 4.78 is 14.7. The van der Waals surface area contributed by atoms with E-state index in [0.29, 0.717) is 5.92 Å². The number of aryl methyl sites for hydroxylation is 1. The van der Waals surface area contributed by atoms with Crippen LogP contribution in [0.1, 0.15) is 89.7 Å². The minimum absolute atomic E-state index is 0.0941. The molecule has 1 aliphatic rings. The van der Waals surface area contributed by atoms with Gasteiger partial charge in [-0.25, -0.2) is 4.39 Å². The Labute approximate surface area is 184 Å². The molecule has 0 bridgehead atoms. The molecule has 1 unspecified atom stereocenters.